The molecule has 5 heteroatoms. The number of furan rings is 1. The Morgan fingerprint density at radius 2 is 2.03 bits per heavy atom. The summed E-state index contributed by atoms with van der Waals surface area (Å²) in [5, 5.41) is 0. The minimum absolute atomic E-state index is 0.302. The average molecular weight is 414 g/mol. The van der Waals surface area contributed by atoms with Gasteiger partial charge in [-0.3, -0.25) is 14.7 Å². The van der Waals surface area contributed by atoms with Crippen LogP contribution >= 0.6 is 0 Å². The van der Waals surface area contributed by atoms with E-state index in [2.05, 4.69) is 45.1 Å². The average Bonchev–Trinajstić information content (AvgIpc) is 3.53. The molecule has 3 fully saturated rings. The first-order valence-corrected chi connectivity index (χ1v) is 11.3. The summed E-state index contributed by atoms with van der Waals surface area (Å²) in [6, 6.07) is 17.1. The lowest BCUT2D eigenvalue weighted by Gasteiger charge is -2.33. The number of aryl methyl sites for hydroxylation is 1. The van der Waals surface area contributed by atoms with Gasteiger partial charge in [0.05, 0.1) is 0 Å². The molecule has 6 rings (SSSR count). The van der Waals surface area contributed by atoms with Crippen LogP contribution in [0.15, 0.2) is 65.3 Å². The number of hydrogen-bond donors (Lipinski definition) is 0. The van der Waals surface area contributed by atoms with E-state index in [0.29, 0.717) is 24.4 Å². The SMILES string of the molecule is Cc1ccc(-c2ccc([C@@H]3C[C@H]4CN(Cc5cccnc5)C(=O)[C@]45CCCN35)cc2)o1. The standard InChI is InChI=1S/C26H27N3O2/c1-18-5-10-24(31-18)21-8-6-20(7-9-21)23-14-22-17-28(16-19-4-2-12-27-15-19)25(30)26(22)11-3-13-29(23)26/h2,4-10,12,15,22-23H,3,11,13-14,16-17H2,1H3/t22-,23-,26-/m0/s1. The van der Waals surface area contributed by atoms with E-state index in [-0.39, 0.29) is 5.54 Å². The van der Waals surface area contributed by atoms with Crippen LogP contribution in [0.25, 0.3) is 11.3 Å². The number of pyridine rings is 1. The molecule has 2 aromatic heterocycles. The first-order valence-electron chi connectivity index (χ1n) is 11.3. The minimum atomic E-state index is -0.302. The Kier molecular flexibility index (Phi) is 4.29. The van der Waals surface area contributed by atoms with Crippen LogP contribution in [0.3, 0.4) is 0 Å². The predicted octanol–water partition coefficient (Wildman–Crippen LogP) is 4.59. The molecule has 3 aliphatic heterocycles. The highest BCUT2D eigenvalue weighted by Gasteiger charge is 2.65. The minimum Gasteiger partial charge on any atom is -0.461 e. The van der Waals surface area contributed by atoms with Crippen molar-refractivity contribution < 1.29 is 9.21 Å². The maximum atomic E-state index is 13.7. The topological polar surface area (TPSA) is 49.6 Å². The van der Waals surface area contributed by atoms with Crippen LogP contribution in [0.4, 0.5) is 0 Å². The van der Waals surface area contributed by atoms with Crippen LogP contribution in [0, 0.1) is 12.8 Å². The number of carbonyl (C=O) groups excluding carboxylic acids is 1. The molecular formula is C26H27N3O2. The molecular weight excluding hydrogens is 386 g/mol. The molecule has 3 aliphatic rings. The van der Waals surface area contributed by atoms with Crippen molar-refractivity contribution in [2.24, 2.45) is 5.92 Å². The molecule has 3 saturated heterocycles. The molecule has 0 radical (unpaired) electrons. The van der Waals surface area contributed by atoms with Crippen LogP contribution in [0.2, 0.25) is 0 Å². The monoisotopic (exact) mass is 413 g/mol. The Balaban J connectivity index is 1.25. The molecule has 1 aromatic carbocycles. The van der Waals surface area contributed by atoms with Gasteiger partial charge in [0.15, 0.2) is 0 Å². The molecule has 5 heterocycles. The number of nitrogens with zero attached hydrogens (tertiary/aromatic N) is 3. The van der Waals surface area contributed by atoms with Crippen molar-refractivity contribution in [3.8, 4) is 11.3 Å². The fourth-order valence-electron chi connectivity index (χ4n) is 6.20. The van der Waals surface area contributed by atoms with Crippen LogP contribution in [0.5, 0.6) is 0 Å². The Morgan fingerprint density at radius 1 is 1.16 bits per heavy atom. The largest absolute Gasteiger partial charge is 0.461 e. The van der Waals surface area contributed by atoms with Crippen molar-refractivity contribution in [3.63, 3.8) is 0 Å². The summed E-state index contributed by atoms with van der Waals surface area (Å²) in [5.74, 6) is 2.56. The highest BCUT2D eigenvalue weighted by Crippen LogP contribution is 2.56. The zero-order valence-corrected chi connectivity index (χ0v) is 17.8. The van der Waals surface area contributed by atoms with E-state index < -0.39 is 0 Å². The van der Waals surface area contributed by atoms with Gasteiger partial charge in [-0.05, 0) is 62.1 Å². The van der Waals surface area contributed by atoms with E-state index >= 15 is 0 Å². The first kappa shape index (κ1) is 18.8. The second kappa shape index (κ2) is 7.06. The van der Waals surface area contributed by atoms with Crippen LogP contribution in [-0.4, -0.2) is 39.3 Å². The second-order valence-corrected chi connectivity index (χ2v) is 9.25. The summed E-state index contributed by atoms with van der Waals surface area (Å²) in [4.78, 5) is 22.5. The van der Waals surface area contributed by atoms with Gasteiger partial charge >= 0.3 is 0 Å². The van der Waals surface area contributed by atoms with Gasteiger partial charge < -0.3 is 9.32 Å². The molecule has 0 saturated carbocycles. The molecule has 0 unspecified atom stereocenters. The molecule has 3 atom stereocenters. The maximum absolute atomic E-state index is 13.7. The number of hydrogen-bond acceptors (Lipinski definition) is 4. The summed E-state index contributed by atoms with van der Waals surface area (Å²) < 4.78 is 5.77. The predicted molar refractivity (Wildman–Crippen MR) is 118 cm³/mol. The summed E-state index contributed by atoms with van der Waals surface area (Å²) in [6.45, 7) is 4.49. The normalized spacial score (nSPS) is 27.6. The van der Waals surface area contributed by atoms with E-state index in [9.17, 15) is 4.79 Å². The van der Waals surface area contributed by atoms with Crippen molar-refractivity contribution in [1.29, 1.82) is 0 Å². The first-order chi connectivity index (χ1) is 15.1. The van der Waals surface area contributed by atoms with Crippen molar-refractivity contribution in [1.82, 2.24) is 14.8 Å². The van der Waals surface area contributed by atoms with Crippen molar-refractivity contribution in [3.05, 3.63) is 77.8 Å². The second-order valence-electron chi connectivity index (χ2n) is 9.25. The lowest BCUT2D eigenvalue weighted by Crippen LogP contribution is -2.49. The number of carbonyl (C=O) groups is 1. The summed E-state index contributed by atoms with van der Waals surface area (Å²) >= 11 is 0. The maximum Gasteiger partial charge on any atom is 0.243 e. The Bertz CT molecular complexity index is 1110. The van der Waals surface area contributed by atoms with Gasteiger partial charge in [-0.1, -0.05) is 30.3 Å². The van der Waals surface area contributed by atoms with Gasteiger partial charge in [-0.25, -0.2) is 0 Å². The van der Waals surface area contributed by atoms with E-state index in [1.165, 1.54) is 5.56 Å². The van der Waals surface area contributed by atoms with Gasteiger partial charge in [0.25, 0.3) is 0 Å². The number of likely N-dealkylation sites (tertiary alicyclic amines) is 1. The number of rotatable bonds is 4. The quantitative estimate of drug-likeness (QED) is 0.628. The lowest BCUT2D eigenvalue weighted by molar-refractivity contribution is -0.137. The molecule has 0 aliphatic carbocycles. The number of amides is 1. The summed E-state index contributed by atoms with van der Waals surface area (Å²) in [7, 11) is 0. The highest BCUT2D eigenvalue weighted by molar-refractivity contribution is 5.90. The van der Waals surface area contributed by atoms with Gasteiger partial charge in [-0.15, -0.1) is 0 Å². The zero-order valence-electron chi connectivity index (χ0n) is 17.8. The Hall–Kier alpha value is -2.92. The van der Waals surface area contributed by atoms with Gasteiger partial charge in [0.1, 0.15) is 17.1 Å². The smallest absolute Gasteiger partial charge is 0.243 e. The molecule has 1 amide bonds. The van der Waals surface area contributed by atoms with Gasteiger partial charge in [-0.2, -0.15) is 0 Å². The number of benzene rings is 1. The molecule has 31 heavy (non-hydrogen) atoms. The molecule has 158 valence electrons. The van der Waals surface area contributed by atoms with Crippen LogP contribution in [0.1, 0.15) is 42.2 Å². The Morgan fingerprint density at radius 3 is 2.77 bits per heavy atom. The summed E-state index contributed by atoms with van der Waals surface area (Å²) in [6.07, 6.45) is 6.79. The molecule has 5 nitrogen and oxygen atoms in total. The highest BCUT2D eigenvalue weighted by atomic mass is 16.3. The van der Waals surface area contributed by atoms with E-state index in [1.54, 1.807) is 6.20 Å². The summed E-state index contributed by atoms with van der Waals surface area (Å²) in [5.41, 5.74) is 3.22. The fourth-order valence-corrected chi connectivity index (χ4v) is 6.20. The molecule has 3 aromatic rings. The molecule has 0 N–H and O–H groups in total. The van der Waals surface area contributed by atoms with Gasteiger partial charge in [0, 0.05) is 43.0 Å². The third kappa shape index (κ3) is 2.87. The van der Waals surface area contributed by atoms with E-state index in [1.807, 2.05) is 31.3 Å². The molecule has 1 spiro atoms. The van der Waals surface area contributed by atoms with Gasteiger partial charge in [0.2, 0.25) is 5.91 Å². The van der Waals surface area contributed by atoms with Crippen molar-refractivity contribution >= 4 is 5.91 Å². The van der Waals surface area contributed by atoms with Crippen molar-refractivity contribution in [2.45, 2.75) is 44.3 Å². The lowest BCUT2D eigenvalue weighted by atomic mass is 9.85. The Labute approximate surface area is 182 Å². The fraction of sp³-hybridized carbons (Fsp3) is 0.385. The van der Waals surface area contributed by atoms with E-state index in [0.717, 1.165) is 55.0 Å². The third-order valence-electron chi connectivity index (χ3n) is 7.54. The third-order valence-corrected chi connectivity index (χ3v) is 7.54. The van der Waals surface area contributed by atoms with E-state index in [4.69, 9.17) is 4.42 Å². The van der Waals surface area contributed by atoms with Crippen LogP contribution in [-0.2, 0) is 11.3 Å². The zero-order chi connectivity index (χ0) is 21.0. The van der Waals surface area contributed by atoms with Crippen molar-refractivity contribution in [2.75, 3.05) is 13.1 Å². The van der Waals surface area contributed by atoms with Crippen LogP contribution < -0.4 is 0 Å². The molecule has 0 bridgehead atoms. The number of aromatic nitrogens is 1.